The second-order valence-corrected chi connectivity index (χ2v) is 9.33. The number of rotatable bonds is 3. The van der Waals surface area contributed by atoms with Crippen molar-refractivity contribution in [1.29, 1.82) is 0 Å². The van der Waals surface area contributed by atoms with Gasteiger partial charge in [0.25, 0.3) is 0 Å². The first-order valence-electron chi connectivity index (χ1n) is 8.71. The van der Waals surface area contributed by atoms with E-state index in [9.17, 15) is 22.6 Å². The summed E-state index contributed by atoms with van der Waals surface area (Å²) in [5.41, 5.74) is 0.712. The van der Waals surface area contributed by atoms with Gasteiger partial charge in [0.1, 0.15) is 18.2 Å². The molecule has 0 atom stereocenters. The van der Waals surface area contributed by atoms with Gasteiger partial charge in [0, 0.05) is 41.4 Å². The molecule has 3 amide bonds. The quantitative estimate of drug-likeness (QED) is 0.825. The van der Waals surface area contributed by atoms with Gasteiger partial charge in [0.2, 0.25) is 5.91 Å². The molecule has 2 aromatic rings. The fraction of sp³-hybridized carbons (Fsp3) is 0.263. The monoisotopic (exact) mass is 422 g/mol. The molecule has 10 heteroatoms. The Balaban J connectivity index is 1.72. The topological polar surface area (TPSA) is 82.1 Å². The van der Waals surface area contributed by atoms with Crippen LogP contribution in [0.3, 0.4) is 0 Å². The molecule has 0 saturated carbocycles. The number of nitrogens with one attached hydrogen (secondary N) is 1. The number of halogens is 2. The lowest BCUT2D eigenvalue weighted by molar-refractivity contribution is -0.120. The van der Waals surface area contributed by atoms with Crippen molar-refractivity contribution in [2.45, 2.75) is 0 Å². The molecule has 7 nitrogen and oxygen atoms in total. The predicted octanol–water partition coefficient (Wildman–Crippen LogP) is 3.20. The number of hydrogen-bond acceptors (Lipinski definition) is 4. The zero-order valence-electron chi connectivity index (χ0n) is 15.9. The van der Waals surface area contributed by atoms with E-state index in [-0.39, 0.29) is 25.3 Å². The van der Waals surface area contributed by atoms with E-state index < -0.39 is 33.3 Å². The normalized spacial score (nSPS) is 14.7. The molecular formula is C19H20F2N4O3S. The van der Waals surface area contributed by atoms with Crippen LogP contribution in [0.2, 0.25) is 0 Å². The lowest BCUT2D eigenvalue weighted by Crippen LogP contribution is -2.53. The second-order valence-electron chi connectivity index (χ2n) is 6.78. The second kappa shape index (κ2) is 8.16. The third-order valence-electron chi connectivity index (χ3n) is 4.17. The lowest BCUT2D eigenvalue weighted by Gasteiger charge is -2.34. The molecule has 0 bridgehead atoms. The van der Waals surface area contributed by atoms with Gasteiger partial charge in [-0.3, -0.25) is 4.79 Å². The zero-order valence-corrected chi connectivity index (χ0v) is 16.7. The maximum Gasteiger partial charge on any atom is 0.322 e. The summed E-state index contributed by atoms with van der Waals surface area (Å²) in [6.45, 7) is -0.0369. The van der Waals surface area contributed by atoms with Gasteiger partial charge < -0.3 is 15.1 Å². The van der Waals surface area contributed by atoms with Crippen LogP contribution < -0.4 is 10.2 Å². The van der Waals surface area contributed by atoms with Crippen LogP contribution in [0.15, 0.2) is 46.8 Å². The van der Waals surface area contributed by atoms with Gasteiger partial charge in [-0.25, -0.2) is 17.8 Å². The summed E-state index contributed by atoms with van der Waals surface area (Å²) < 4.78 is 43.1. The van der Waals surface area contributed by atoms with Gasteiger partial charge in [0.15, 0.2) is 0 Å². The van der Waals surface area contributed by atoms with Gasteiger partial charge >= 0.3 is 6.03 Å². The van der Waals surface area contributed by atoms with Crippen LogP contribution in [0.1, 0.15) is 0 Å². The van der Waals surface area contributed by atoms with E-state index in [2.05, 4.69) is 9.68 Å². The molecule has 0 radical (unpaired) electrons. The maximum absolute atomic E-state index is 14.0. The highest BCUT2D eigenvalue weighted by molar-refractivity contribution is 7.92. The highest BCUT2D eigenvalue weighted by Crippen LogP contribution is 2.26. The van der Waals surface area contributed by atoms with Gasteiger partial charge in [0.05, 0.1) is 17.1 Å². The molecule has 154 valence electrons. The first kappa shape index (κ1) is 20.7. The molecule has 1 fully saturated rings. The molecular weight excluding hydrogens is 402 g/mol. The Morgan fingerprint density at radius 1 is 1.14 bits per heavy atom. The van der Waals surface area contributed by atoms with Crippen molar-refractivity contribution in [3.63, 3.8) is 0 Å². The molecule has 0 unspecified atom stereocenters. The molecule has 0 spiro atoms. The molecule has 29 heavy (non-hydrogen) atoms. The number of benzene rings is 2. The number of urea groups is 1. The average molecular weight is 422 g/mol. The Morgan fingerprint density at radius 2 is 1.86 bits per heavy atom. The van der Waals surface area contributed by atoms with Gasteiger partial charge in [-0.15, -0.1) is 0 Å². The fourth-order valence-corrected chi connectivity index (χ4v) is 3.52. The minimum atomic E-state index is -2.43. The van der Waals surface area contributed by atoms with Crippen molar-refractivity contribution in [2.75, 3.05) is 42.4 Å². The van der Waals surface area contributed by atoms with Gasteiger partial charge in [-0.2, -0.15) is 4.36 Å². The maximum atomic E-state index is 14.0. The van der Waals surface area contributed by atoms with Crippen molar-refractivity contribution in [3.05, 3.63) is 54.1 Å². The number of nitrogens with zero attached hydrogens (tertiary/aromatic N) is 3. The fourth-order valence-electron chi connectivity index (χ4n) is 2.89. The van der Waals surface area contributed by atoms with Crippen molar-refractivity contribution >= 4 is 38.7 Å². The smallest absolute Gasteiger partial charge is 0.313 e. The van der Waals surface area contributed by atoms with Crippen molar-refractivity contribution in [2.24, 2.45) is 4.36 Å². The Kier molecular flexibility index (Phi) is 5.83. The Hall–Kier alpha value is -3.01. The zero-order chi connectivity index (χ0) is 21.2. The molecule has 2 aromatic carbocycles. The van der Waals surface area contributed by atoms with Crippen LogP contribution in [-0.4, -0.2) is 53.2 Å². The minimum absolute atomic E-state index is 0.0266. The van der Waals surface area contributed by atoms with E-state index in [0.29, 0.717) is 17.4 Å². The number of amides is 3. The molecule has 1 aliphatic heterocycles. The minimum Gasteiger partial charge on any atom is -0.313 e. The molecule has 3 rings (SSSR count). The summed E-state index contributed by atoms with van der Waals surface area (Å²) in [5, 5.41) is 2.67. The summed E-state index contributed by atoms with van der Waals surface area (Å²) in [6.07, 6.45) is 2.97. The van der Waals surface area contributed by atoms with E-state index in [1.807, 2.05) is 0 Å². The lowest BCUT2D eigenvalue weighted by atomic mass is 10.2. The molecule has 1 N–H and O–H groups in total. The van der Waals surface area contributed by atoms with E-state index in [4.69, 9.17) is 0 Å². The Morgan fingerprint density at radius 3 is 2.52 bits per heavy atom. The number of carbonyl (C=O) groups is 2. The van der Waals surface area contributed by atoms with Crippen molar-refractivity contribution in [3.8, 4) is 0 Å². The summed E-state index contributed by atoms with van der Waals surface area (Å²) in [4.78, 5) is 27.5. The van der Waals surface area contributed by atoms with Crippen LogP contribution in [0.4, 0.5) is 30.6 Å². The summed E-state index contributed by atoms with van der Waals surface area (Å²) in [7, 11) is -2.43. The first-order valence-corrected chi connectivity index (χ1v) is 11.0. The number of anilines is 2. The number of carbonyl (C=O) groups excluding carboxylic acids is 2. The van der Waals surface area contributed by atoms with Crippen molar-refractivity contribution in [1.82, 2.24) is 4.90 Å². The summed E-state index contributed by atoms with van der Waals surface area (Å²) in [5.74, 6) is -2.06. The predicted molar refractivity (Wildman–Crippen MR) is 108 cm³/mol. The van der Waals surface area contributed by atoms with Crippen LogP contribution in [0.5, 0.6) is 0 Å². The van der Waals surface area contributed by atoms with Gasteiger partial charge in [-0.1, -0.05) is 12.1 Å². The molecule has 1 saturated heterocycles. The Bertz CT molecular complexity index is 1070. The van der Waals surface area contributed by atoms with E-state index in [1.165, 1.54) is 28.4 Å². The number of para-hydroxylation sites is 1. The summed E-state index contributed by atoms with van der Waals surface area (Å²) in [6, 6.07) is 9.10. The molecule has 1 heterocycles. The largest absolute Gasteiger partial charge is 0.322 e. The van der Waals surface area contributed by atoms with Gasteiger partial charge in [-0.05, 0) is 24.3 Å². The van der Waals surface area contributed by atoms with E-state index in [1.54, 1.807) is 24.3 Å². The summed E-state index contributed by atoms with van der Waals surface area (Å²) >= 11 is 0. The third-order valence-corrected chi connectivity index (χ3v) is 4.81. The highest BCUT2D eigenvalue weighted by atomic mass is 32.2. The van der Waals surface area contributed by atoms with Crippen LogP contribution in [-0.2, 0) is 14.5 Å². The van der Waals surface area contributed by atoms with Crippen LogP contribution in [0.25, 0.3) is 0 Å². The highest BCUT2D eigenvalue weighted by Gasteiger charge is 2.29. The third kappa shape index (κ3) is 5.08. The average Bonchev–Trinajstić information content (AvgIpc) is 2.62. The van der Waals surface area contributed by atoms with Crippen LogP contribution >= 0.6 is 0 Å². The number of piperazine rings is 1. The molecule has 0 aliphatic carbocycles. The first-order chi connectivity index (χ1) is 13.6. The molecule has 0 aromatic heterocycles. The molecule has 1 aliphatic rings. The SMILES string of the molecule is CS(C)(=O)=Nc1ccccc1NC(=O)N1CCN(c2ccc(F)cc2F)C(=O)C1. The van der Waals surface area contributed by atoms with E-state index >= 15 is 0 Å². The Labute approximate surface area is 167 Å². The number of hydrogen-bond donors (Lipinski definition) is 1. The van der Waals surface area contributed by atoms with E-state index in [0.717, 1.165) is 6.07 Å². The van der Waals surface area contributed by atoms with Crippen LogP contribution in [0, 0.1) is 11.6 Å². The standard InChI is InChI=1S/C19H20F2N4O3S/c1-29(2,28)23-16-6-4-3-5-15(16)22-19(27)24-9-10-25(18(26)12-24)17-8-7-13(20)11-14(17)21/h3-8,11H,9-10,12H2,1-2H3,(H,22,27). The van der Waals surface area contributed by atoms with Crippen molar-refractivity contribution < 1.29 is 22.6 Å².